The van der Waals surface area contributed by atoms with Crippen LogP contribution in [0, 0.1) is 0 Å². The molecule has 2 fully saturated rings. The highest BCUT2D eigenvalue weighted by Gasteiger charge is 2.30. The normalized spacial score (nSPS) is 31.5. The second kappa shape index (κ2) is 6.52. The van der Waals surface area contributed by atoms with Crippen molar-refractivity contribution in [2.75, 3.05) is 39.0 Å². The quantitative estimate of drug-likeness (QED) is 0.818. The lowest BCUT2D eigenvalue weighted by atomic mass is 9.89. The summed E-state index contributed by atoms with van der Waals surface area (Å²) in [6, 6.07) is 1.29. The predicted molar refractivity (Wildman–Crippen MR) is 77.7 cm³/mol. The zero-order valence-corrected chi connectivity index (χ0v) is 13.0. The van der Waals surface area contributed by atoms with Gasteiger partial charge in [0, 0.05) is 38.3 Å². The van der Waals surface area contributed by atoms with Crippen LogP contribution < -0.4 is 5.32 Å². The summed E-state index contributed by atoms with van der Waals surface area (Å²) < 4.78 is 24.6. The van der Waals surface area contributed by atoms with Crippen molar-refractivity contribution in [2.24, 2.45) is 0 Å². The van der Waals surface area contributed by atoms with Gasteiger partial charge in [0.25, 0.3) is 0 Å². The van der Waals surface area contributed by atoms with E-state index in [2.05, 4.69) is 17.1 Å². The molecule has 0 aromatic heterocycles. The molecule has 1 saturated heterocycles. The van der Waals surface area contributed by atoms with Gasteiger partial charge in [0.05, 0.1) is 6.26 Å². The van der Waals surface area contributed by atoms with E-state index in [-0.39, 0.29) is 0 Å². The number of nitrogens with one attached hydrogen (secondary N) is 1. The molecule has 1 heterocycles. The molecule has 0 aromatic rings. The summed E-state index contributed by atoms with van der Waals surface area (Å²) in [5, 5.41) is 3.55. The Kier molecular flexibility index (Phi) is 5.22. The Bertz CT molecular complexity index is 375. The third kappa shape index (κ3) is 4.15. The monoisotopic (exact) mass is 289 g/mol. The molecule has 0 radical (unpaired) electrons. The number of piperazine rings is 1. The topological polar surface area (TPSA) is 52.6 Å². The Balaban J connectivity index is 1.84. The molecule has 19 heavy (non-hydrogen) atoms. The first kappa shape index (κ1) is 15.2. The van der Waals surface area contributed by atoms with Crippen molar-refractivity contribution in [3.8, 4) is 0 Å². The maximum Gasteiger partial charge on any atom is 0.211 e. The van der Waals surface area contributed by atoms with Gasteiger partial charge in [-0.3, -0.25) is 4.90 Å². The van der Waals surface area contributed by atoms with E-state index in [1.165, 1.54) is 31.9 Å². The first-order chi connectivity index (χ1) is 9.00. The van der Waals surface area contributed by atoms with Gasteiger partial charge in [-0.15, -0.1) is 0 Å². The van der Waals surface area contributed by atoms with Crippen LogP contribution in [0.4, 0.5) is 0 Å². The summed E-state index contributed by atoms with van der Waals surface area (Å²) in [4.78, 5) is 2.49. The molecular weight excluding hydrogens is 262 g/mol. The van der Waals surface area contributed by atoms with Gasteiger partial charge in [0.15, 0.2) is 0 Å². The Morgan fingerprint density at radius 2 is 1.84 bits per heavy atom. The van der Waals surface area contributed by atoms with E-state index in [0.717, 1.165) is 19.6 Å². The van der Waals surface area contributed by atoms with E-state index >= 15 is 0 Å². The average Bonchev–Trinajstić information content (AvgIpc) is 2.39. The van der Waals surface area contributed by atoms with E-state index in [9.17, 15) is 8.42 Å². The van der Waals surface area contributed by atoms with Gasteiger partial charge in [0.2, 0.25) is 10.0 Å². The Hall–Kier alpha value is -0.170. The number of hydrogen-bond acceptors (Lipinski definition) is 4. The van der Waals surface area contributed by atoms with E-state index in [0.29, 0.717) is 25.2 Å². The average molecular weight is 289 g/mol. The third-order valence-electron chi connectivity index (χ3n) is 4.40. The minimum Gasteiger partial charge on any atom is -0.314 e. The lowest BCUT2D eigenvalue weighted by molar-refractivity contribution is 0.101. The molecule has 6 heteroatoms. The molecule has 5 nitrogen and oxygen atoms in total. The zero-order chi connectivity index (χ0) is 13.9. The molecule has 2 unspecified atom stereocenters. The van der Waals surface area contributed by atoms with Crippen molar-refractivity contribution in [1.82, 2.24) is 14.5 Å². The van der Waals surface area contributed by atoms with Crippen LogP contribution in [0.25, 0.3) is 0 Å². The lowest BCUT2D eigenvalue weighted by Gasteiger charge is -2.41. The smallest absolute Gasteiger partial charge is 0.211 e. The van der Waals surface area contributed by atoms with Gasteiger partial charge in [-0.25, -0.2) is 8.42 Å². The summed E-state index contributed by atoms with van der Waals surface area (Å²) in [5.74, 6) is 0. The molecule has 1 aliphatic heterocycles. The standard InChI is InChI=1S/C13H27N3O2S/c1-3-14-12-5-4-6-13(11-12)15-7-9-16(10-8-15)19(2,17)18/h12-14H,3-11H2,1-2H3. The maximum atomic E-state index is 11.5. The SMILES string of the molecule is CCNC1CCCC(N2CCN(S(C)(=O)=O)CC2)C1. The second-order valence-corrected chi connectivity index (χ2v) is 7.76. The first-order valence-corrected chi connectivity index (χ1v) is 9.28. The van der Waals surface area contributed by atoms with E-state index < -0.39 is 10.0 Å². The molecular formula is C13H27N3O2S. The Labute approximate surface area is 117 Å². The van der Waals surface area contributed by atoms with Crippen molar-refractivity contribution >= 4 is 10.0 Å². The van der Waals surface area contributed by atoms with Gasteiger partial charge in [-0.05, 0) is 25.8 Å². The molecule has 2 aliphatic rings. The first-order valence-electron chi connectivity index (χ1n) is 7.43. The summed E-state index contributed by atoms with van der Waals surface area (Å²) in [6.07, 6.45) is 6.36. The lowest BCUT2D eigenvalue weighted by Crippen LogP contribution is -2.53. The molecule has 1 N–H and O–H groups in total. The summed E-state index contributed by atoms with van der Waals surface area (Å²) in [5.41, 5.74) is 0. The van der Waals surface area contributed by atoms with Gasteiger partial charge in [0.1, 0.15) is 0 Å². The minimum absolute atomic E-state index is 0.638. The van der Waals surface area contributed by atoms with Crippen molar-refractivity contribution < 1.29 is 8.42 Å². The fourth-order valence-electron chi connectivity index (χ4n) is 3.37. The second-order valence-electron chi connectivity index (χ2n) is 5.77. The van der Waals surface area contributed by atoms with E-state index in [1.54, 1.807) is 4.31 Å². The van der Waals surface area contributed by atoms with Crippen LogP contribution in [-0.2, 0) is 10.0 Å². The maximum absolute atomic E-state index is 11.5. The number of rotatable bonds is 4. The fraction of sp³-hybridized carbons (Fsp3) is 1.00. The number of hydrogen-bond donors (Lipinski definition) is 1. The van der Waals surface area contributed by atoms with Crippen molar-refractivity contribution in [1.29, 1.82) is 0 Å². The largest absolute Gasteiger partial charge is 0.314 e. The van der Waals surface area contributed by atoms with Crippen LogP contribution in [-0.4, -0.2) is 68.7 Å². The van der Waals surface area contributed by atoms with Crippen LogP contribution in [0.5, 0.6) is 0 Å². The van der Waals surface area contributed by atoms with Gasteiger partial charge in [-0.1, -0.05) is 13.3 Å². The fourth-order valence-corrected chi connectivity index (χ4v) is 4.20. The number of sulfonamides is 1. The molecule has 0 aromatic carbocycles. The van der Waals surface area contributed by atoms with E-state index in [4.69, 9.17) is 0 Å². The zero-order valence-electron chi connectivity index (χ0n) is 12.1. The third-order valence-corrected chi connectivity index (χ3v) is 5.70. The van der Waals surface area contributed by atoms with Gasteiger partial charge in [-0.2, -0.15) is 4.31 Å². The molecule has 0 amide bonds. The molecule has 0 spiro atoms. The van der Waals surface area contributed by atoms with Crippen LogP contribution in [0.3, 0.4) is 0 Å². The molecule has 0 bridgehead atoms. The molecule has 2 atom stereocenters. The van der Waals surface area contributed by atoms with Crippen molar-refractivity contribution in [3.63, 3.8) is 0 Å². The van der Waals surface area contributed by atoms with Gasteiger partial charge < -0.3 is 5.32 Å². The molecule has 2 rings (SSSR count). The molecule has 112 valence electrons. The van der Waals surface area contributed by atoms with Crippen LogP contribution >= 0.6 is 0 Å². The Morgan fingerprint density at radius 3 is 2.42 bits per heavy atom. The molecule has 1 aliphatic carbocycles. The summed E-state index contributed by atoms with van der Waals surface area (Å²) in [6.45, 7) is 6.28. The summed E-state index contributed by atoms with van der Waals surface area (Å²) in [7, 11) is -3.01. The van der Waals surface area contributed by atoms with Gasteiger partial charge >= 0.3 is 0 Å². The highest BCUT2D eigenvalue weighted by molar-refractivity contribution is 7.88. The Morgan fingerprint density at radius 1 is 1.16 bits per heavy atom. The van der Waals surface area contributed by atoms with Crippen LogP contribution in [0.2, 0.25) is 0 Å². The number of nitrogens with zero attached hydrogens (tertiary/aromatic N) is 2. The predicted octanol–water partition coefficient (Wildman–Crippen LogP) is 0.484. The highest BCUT2D eigenvalue weighted by atomic mass is 32.2. The van der Waals surface area contributed by atoms with E-state index in [1.807, 2.05) is 0 Å². The van der Waals surface area contributed by atoms with Crippen molar-refractivity contribution in [2.45, 2.75) is 44.7 Å². The van der Waals surface area contributed by atoms with Crippen molar-refractivity contribution in [3.05, 3.63) is 0 Å². The highest BCUT2D eigenvalue weighted by Crippen LogP contribution is 2.24. The van der Waals surface area contributed by atoms with Crippen LogP contribution in [0.15, 0.2) is 0 Å². The molecule has 1 saturated carbocycles. The summed E-state index contributed by atoms with van der Waals surface area (Å²) >= 11 is 0. The van der Waals surface area contributed by atoms with Crippen LogP contribution in [0.1, 0.15) is 32.6 Å². The minimum atomic E-state index is -3.01.